The van der Waals surface area contributed by atoms with Crippen molar-refractivity contribution in [1.82, 2.24) is 0 Å². The van der Waals surface area contributed by atoms with Crippen molar-refractivity contribution in [1.29, 1.82) is 0 Å². The Balaban J connectivity index is 0.946. The summed E-state index contributed by atoms with van der Waals surface area (Å²) in [4.78, 5) is 0. The van der Waals surface area contributed by atoms with Gasteiger partial charge >= 0.3 is 0 Å². The number of hydrogen-bond donors (Lipinski definition) is 17. The van der Waals surface area contributed by atoms with E-state index in [1.54, 1.807) is 18.2 Å². The maximum absolute atomic E-state index is 12.4. The highest BCUT2D eigenvalue weighted by atomic mass is 16.8. The van der Waals surface area contributed by atoms with Gasteiger partial charge in [0, 0.05) is 10.8 Å². The highest BCUT2D eigenvalue weighted by Crippen LogP contribution is 2.43. The first-order valence-electron chi connectivity index (χ1n) is 26.8. The van der Waals surface area contributed by atoms with Crippen LogP contribution in [-0.2, 0) is 56.8 Å². The van der Waals surface area contributed by atoms with Gasteiger partial charge in [-0.1, -0.05) is 42.5 Å². The van der Waals surface area contributed by atoms with Crippen LogP contribution in [-0.4, -0.2) is 311 Å². The SMILES string of the molecule is OC[C@H]1O[C@@H]2O[C@H]3C(O)C(O)[C@H](O[C@@H]3CO)O[C@H]3C(O)C(O)[C@H](O[C@@H]3CO)O[C@H]3C(O)C(O)[C@H](O[C@@H]3CO)O[C@H]3C(O)C(O)[C@H](O[C@@H]3CO)O[C@H]3C(O)C(O)C(OC1C(Oc1ccc4ccc5cccc6ccc1c4c56)C2O)O[C@@H]3CO. The van der Waals surface area contributed by atoms with Crippen LogP contribution in [0.4, 0.5) is 0 Å². The van der Waals surface area contributed by atoms with Crippen LogP contribution >= 0.6 is 0 Å². The zero-order valence-electron chi connectivity index (χ0n) is 43.2. The third-order valence-electron chi connectivity index (χ3n) is 16.4. The first-order chi connectivity index (χ1) is 39.4. The Kier molecular flexibility index (Phi) is 18.2. The largest absolute Gasteiger partial charge is 0.484 e. The van der Waals surface area contributed by atoms with Gasteiger partial charge in [0.05, 0.1) is 39.6 Å². The predicted molar refractivity (Wildman–Crippen MR) is 264 cm³/mol. The Morgan fingerprint density at radius 1 is 0.280 bits per heavy atom. The summed E-state index contributed by atoms with van der Waals surface area (Å²) in [5.74, 6) is 0.137. The topological polar surface area (TPSA) is 464 Å². The zero-order chi connectivity index (χ0) is 58.2. The fourth-order valence-corrected chi connectivity index (χ4v) is 12.0. The van der Waals surface area contributed by atoms with Crippen LogP contribution < -0.4 is 4.74 Å². The summed E-state index contributed by atoms with van der Waals surface area (Å²) in [5.41, 5.74) is 0. The van der Waals surface area contributed by atoms with Gasteiger partial charge in [-0.15, -0.1) is 0 Å². The molecule has 22 aliphatic heterocycles. The third-order valence-corrected chi connectivity index (χ3v) is 16.4. The number of rotatable bonds is 8. The molecule has 0 aliphatic carbocycles. The van der Waals surface area contributed by atoms with Crippen molar-refractivity contribution in [3.63, 3.8) is 0 Å². The van der Waals surface area contributed by atoms with Crippen LogP contribution in [0.5, 0.6) is 5.75 Å². The van der Waals surface area contributed by atoms with E-state index in [2.05, 4.69) is 0 Å². The van der Waals surface area contributed by atoms with Gasteiger partial charge in [0.25, 0.3) is 0 Å². The van der Waals surface area contributed by atoms with Gasteiger partial charge in [-0.2, -0.15) is 0 Å². The van der Waals surface area contributed by atoms with E-state index in [1.807, 2.05) is 36.4 Å². The Bertz CT molecular complexity index is 2720. The molecule has 17 N–H and O–H groups in total. The summed E-state index contributed by atoms with van der Waals surface area (Å²) in [6, 6.07) is 16.6. The molecule has 30 heteroatoms. The molecule has 22 fully saturated rings. The smallest absolute Gasteiger partial charge is 0.188 e. The van der Waals surface area contributed by atoms with Crippen LogP contribution in [0.1, 0.15) is 0 Å². The molecule has 14 unspecified atom stereocenters. The minimum atomic E-state index is -2.17. The second kappa shape index (κ2) is 24.7. The zero-order valence-corrected chi connectivity index (χ0v) is 43.2. The molecule has 4 aromatic carbocycles. The highest BCUT2D eigenvalue weighted by Gasteiger charge is 2.59. The van der Waals surface area contributed by atoms with E-state index in [4.69, 9.17) is 61.6 Å². The molecule has 0 amide bonds. The van der Waals surface area contributed by atoms with Crippen molar-refractivity contribution in [2.24, 2.45) is 0 Å². The average molecular weight is 1170 g/mol. The highest BCUT2D eigenvalue weighted by molar-refractivity contribution is 6.24. The van der Waals surface area contributed by atoms with E-state index in [9.17, 15) is 86.8 Å². The van der Waals surface area contributed by atoms with E-state index >= 15 is 0 Å². The molecule has 0 spiro atoms. The van der Waals surface area contributed by atoms with Gasteiger partial charge in [0.1, 0.15) is 146 Å². The molecule has 0 saturated carbocycles. The molecular formula is C52H68O30. The molecule has 30 atom stereocenters. The average Bonchev–Trinajstić information content (AvgIpc) is 3.22. The van der Waals surface area contributed by atoms with Crippen LogP contribution in [0.3, 0.4) is 0 Å². The van der Waals surface area contributed by atoms with Gasteiger partial charge in [-0.3, -0.25) is 0 Å². The van der Waals surface area contributed by atoms with Crippen LogP contribution in [0, 0.1) is 0 Å². The first kappa shape index (κ1) is 60.3. The molecule has 22 saturated heterocycles. The molecule has 4 aromatic rings. The fraction of sp³-hybridized carbons (Fsp3) is 0.692. The van der Waals surface area contributed by atoms with Crippen LogP contribution in [0.15, 0.2) is 54.6 Å². The van der Waals surface area contributed by atoms with E-state index in [-0.39, 0.29) is 5.75 Å². The minimum absolute atomic E-state index is 0.137. The van der Waals surface area contributed by atoms with E-state index in [0.717, 1.165) is 26.9 Å². The van der Waals surface area contributed by atoms with Gasteiger partial charge in [-0.25, -0.2) is 0 Å². The van der Waals surface area contributed by atoms with Crippen LogP contribution in [0.2, 0.25) is 0 Å². The quantitative estimate of drug-likeness (QED) is 0.0729. The van der Waals surface area contributed by atoms with Crippen molar-refractivity contribution < 1.29 is 148 Å². The molecule has 22 aliphatic rings. The lowest BCUT2D eigenvalue weighted by Crippen LogP contribution is -2.69. The number of ether oxygens (including phenoxy) is 13. The van der Waals surface area contributed by atoms with Crippen molar-refractivity contribution in [3.05, 3.63) is 54.6 Å². The van der Waals surface area contributed by atoms with Crippen molar-refractivity contribution in [2.75, 3.05) is 39.6 Å². The van der Waals surface area contributed by atoms with Gasteiger partial charge in [0.15, 0.2) is 43.8 Å². The summed E-state index contributed by atoms with van der Waals surface area (Å²) >= 11 is 0. The molecule has 26 rings (SSSR count). The van der Waals surface area contributed by atoms with Crippen molar-refractivity contribution in [2.45, 2.75) is 184 Å². The number of aliphatic hydroxyl groups excluding tert-OH is 17. The molecule has 0 aromatic heterocycles. The number of hydrogen-bond acceptors (Lipinski definition) is 30. The van der Waals surface area contributed by atoms with E-state index < -0.39 is 224 Å². The maximum atomic E-state index is 12.4. The summed E-state index contributed by atoms with van der Waals surface area (Å²) < 4.78 is 77.5. The second-order valence-electron chi connectivity index (χ2n) is 21.4. The van der Waals surface area contributed by atoms with Crippen molar-refractivity contribution in [3.8, 4) is 5.75 Å². The summed E-state index contributed by atoms with van der Waals surface area (Å²) in [7, 11) is 0. The number of aliphatic hydroxyl groups is 17. The Morgan fingerprint density at radius 2 is 0.549 bits per heavy atom. The molecule has 22 heterocycles. The molecule has 456 valence electrons. The maximum Gasteiger partial charge on any atom is 0.188 e. The number of benzene rings is 4. The Morgan fingerprint density at radius 3 is 0.878 bits per heavy atom. The molecule has 30 nitrogen and oxygen atoms in total. The van der Waals surface area contributed by atoms with E-state index in [0.29, 0.717) is 5.39 Å². The molecule has 82 heavy (non-hydrogen) atoms. The molecule has 0 radical (unpaired) electrons. The molecular weight excluding hydrogens is 1100 g/mol. The third kappa shape index (κ3) is 10.8. The Hall–Kier alpha value is -3.44. The van der Waals surface area contributed by atoms with Crippen LogP contribution in [0.25, 0.3) is 32.3 Å². The molecule has 12 bridgehead atoms. The second-order valence-corrected chi connectivity index (χ2v) is 21.4. The first-order valence-corrected chi connectivity index (χ1v) is 26.8. The fourth-order valence-electron chi connectivity index (χ4n) is 12.0. The summed E-state index contributed by atoms with van der Waals surface area (Å²) in [5, 5.41) is 196. The normalized spacial score (nSPS) is 47.0. The monoisotopic (exact) mass is 1170 g/mol. The minimum Gasteiger partial charge on any atom is -0.484 e. The van der Waals surface area contributed by atoms with Gasteiger partial charge in [0.2, 0.25) is 0 Å². The Labute approximate surface area is 464 Å². The van der Waals surface area contributed by atoms with Gasteiger partial charge in [-0.05, 0) is 33.7 Å². The lowest BCUT2D eigenvalue weighted by Gasteiger charge is -2.51. The summed E-state index contributed by atoms with van der Waals surface area (Å²) in [6.45, 7) is -5.98. The van der Waals surface area contributed by atoms with Crippen molar-refractivity contribution >= 4 is 32.3 Å². The predicted octanol–water partition coefficient (Wildman–Crippen LogP) is -8.07. The van der Waals surface area contributed by atoms with E-state index in [1.165, 1.54) is 0 Å². The lowest BCUT2D eigenvalue weighted by atomic mass is 9.93. The van der Waals surface area contributed by atoms with Gasteiger partial charge < -0.3 is 148 Å². The lowest BCUT2D eigenvalue weighted by molar-refractivity contribution is -0.403. The standard InChI is InChI=1S/C52H68O30/c53-10-21-40-29(59)34(64)47(71-21)78-41-22(11-54)73-49(36(66)31(41)61)80-43-24(13-56)75-51(38(68)33(43)63)82-45-26(15-58)76-52(39(69)46(45)70-20-9-7-18-5-4-16-2-1-3-17-6-8-19(20)28(18)27(16)17)81-44-25(14-57)74-50(37(67)32(44)62)79-42-23(12-55)72-48(77-40)35(65)30(42)60/h1-9,21-26,29-69H,10-15H2/t21-,22-,23-,24-,25-,26-,29?,30?,31?,32?,33?,34?,35?,36?,37?,38?,39?,40-,41-,42-,43-,44-,45?,46?,47-,48-,49-,50-,51?,52-/m1/s1. The summed E-state index contributed by atoms with van der Waals surface area (Å²) in [6.07, 6.45) is -58.3.